The molecule has 0 fully saturated rings. The fourth-order valence-corrected chi connectivity index (χ4v) is 2.92. The van der Waals surface area contributed by atoms with E-state index < -0.39 is 5.97 Å². The third-order valence-corrected chi connectivity index (χ3v) is 4.24. The molecule has 3 rings (SSSR count). The molecule has 0 bridgehead atoms. The number of rotatable bonds is 4. The molecule has 0 radical (unpaired) electrons. The normalized spacial score (nSPS) is 16.8. The van der Waals surface area contributed by atoms with Crippen molar-refractivity contribution in [2.45, 2.75) is 17.5 Å². The summed E-state index contributed by atoms with van der Waals surface area (Å²) in [6, 6.07) is 8.28. The first-order chi connectivity index (χ1) is 9.15. The fourth-order valence-electron chi connectivity index (χ4n) is 2.28. The molecule has 2 aromatic rings. The van der Waals surface area contributed by atoms with Crippen LogP contribution >= 0.6 is 11.8 Å². The second-order valence-electron chi connectivity index (χ2n) is 4.51. The first-order valence-corrected chi connectivity index (χ1v) is 6.97. The molecule has 1 atom stereocenters. The van der Waals surface area contributed by atoms with Crippen molar-refractivity contribution in [2.75, 3.05) is 5.75 Å². The van der Waals surface area contributed by atoms with Crippen molar-refractivity contribution >= 4 is 17.7 Å². The van der Waals surface area contributed by atoms with Crippen LogP contribution in [0.2, 0.25) is 0 Å². The second-order valence-corrected chi connectivity index (χ2v) is 5.46. The zero-order valence-electron chi connectivity index (χ0n) is 10.4. The monoisotopic (exact) mass is 275 g/mol. The van der Waals surface area contributed by atoms with Crippen LogP contribution in [0.3, 0.4) is 0 Å². The van der Waals surface area contributed by atoms with Crippen LogP contribution in [0.15, 0.2) is 29.4 Å². The van der Waals surface area contributed by atoms with Crippen LogP contribution in [0, 0.1) is 0 Å². The largest absolute Gasteiger partial charge is 0.481 e. The first kappa shape index (κ1) is 12.2. The van der Waals surface area contributed by atoms with Crippen LogP contribution in [0.25, 0.3) is 0 Å². The fraction of sp³-hybridized carbons (Fsp3) is 0.308. The quantitative estimate of drug-likeness (QED) is 0.860. The van der Waals surface area contributed by atoms with E-state index in [4.69, 9.17) is 5.11 Å². The zero-order valence-corrected chi connectivity index (χ0v) is 11.2. The van der Waals surface area contributed by atoms with Crippen LogP contribution < -0.4 is 0 Å². The molecule has 0 spiro atoms. The van der Waals surface area contributed by atoms with Crippen LogP contribution in [-0.2, 0) is 18.3 Å². The predicted molar refractivity (Wildman–Crippen MR) is 71.4 cm³/mol. The van der Waals surface area contributed by atoms with E-state index in [-0.39, 0.29) is 11.7 Å². The molecule has 6 heteroatoms. The molecule has 1 heterocycles. The molecule has 1 unspecified atom stereocenters. The number of carboxylic acids is 1. The Morgan fingerprint density at radius 1 is 1.53 bits per heavy atom. The summed E-state index contributed by atoms with van der Waals surface area (Å²) in [5, 5.41) is 13.7. The van der Waals surface area contributed by atoms with Gasteiger partial charge < -0.3 is 5.11 Å². The SMILES string of the molecule is Cn1nc(C2Cc3ccccc32)nc1SCC(=O)O. The summed E-state index contributed by atoms with van der Waals surface area (Å²) < 4.78 is 1.66. The van der Waals surface area contributed by atoms with Gasteiger partial charge in [-0.25, -0.2) is 9.67 Å². The Hall–Kier alpha value is -1.82. The Morgan fingerprint density at radius 3 is 3.05 bits per heavy atom. The lowest BCUT2D eigenvalue weighted by Gasteiger charge is -2.27. The average Bonchev–Trinajstić information content (AvgIpc) is 2.69. The molecule has 19 heavy (non-hydrogen) atoms. The number of thioether (sulfide) groups is 1. The first-order valence-electron chi connectivity index (χ1n) is 5.98. The summed E-state index contributed by atoms with van der Waals surface area (Å²) in [7, 11) is 1.80. The van der Waals surface area contributed by atoms with Crippen molar-refractivity contribution in [3.8, 4) is 0 Å². The van der Waals surface area contributed by atoms with E-state index in [0.29, 0.717) is 5.16 Å². The van der Waals surface area contributed by atoms with Gasteiger partial charge in [0.2, 0.25) is 0 Å². The summed E-state index contributed by atoms with van der Waals surface area (Å²) in [5.74, 6) is 0.201. The van der Waals surface area contributed by atoms with Crippen LogP contribution in [0.1, 0.15) is 22.9 Å². The van der Waals surface area contributed by atoms with Crippen molar-refractivity contribution in [3.63, 3.8) is 0 Å². The topological polar surface area (TPSA) is 68.0 Å². The van der Waals surface area contributed by atoms with E-state index in [1.165, 1.54) is 22.9 Å². The zero-order chi connectivity index (χ0) is 13.4. The lowest BCUT2D eigenvalue weighted by molar-refractivity contribution is -0.133. The highest BCUT2D eigenvalue weighted by atomic mass is 32.2. The van der Waals surface area contributed by atoms with Crippen LogP contribution in [-0.4, -0.2) is 31.6 Å². The van der Waals surface area contributed by atoms with Crippen molar-refractivity contribution in [1.82, 2.24) is 14.8 Å². The number of aryl methyl sites for hydroxylation is 1. The van der Waals surface area contributed by atoms with E-state index in [9.17, 15) is 4.79 Å². The highest BCUT2D eigenvalue weighted by Crippen LogP contribution is 2.38. The van der Waals surface area contributed by atoms with E-state index in [0.717, 1.165) is 12.2 Å². The molecule has 1 aromatic heterocycles. The third kappa shape index (κ3) is 2.23. The van der Waals surface area contributed by atoms with E-state index in [1.54, 1.807) is 11.7 Å². The van der Waals surface area contributed by atoms with Gasteiger partial charge in [0.05, 0.1) is 11.7 Å². The number of aromatic nitrogens is 3. The summed E-state index contributed by atoms with van der Waals surface area (Å²) in [6.07, 6.45) is 0.962. The van der Waals surface area contributed by atoms with Gasteiger partial charge >= 0.3 is 5.97 Å². The molecule has 1 N–H and O–H groups in total. The lowest BCUT2D eigenvalue weighted by Crippen LogP contribution is -2.19. The standard InChI is InChI=1S/C13H13N3O2S/c1-16-13(19-7-11(17)18)14-12(15-16)10-6-8-4-2-3-5-9(8)10/h2-5,10H,6-7H2,1H3,(H,17,18). The molecular weight excluding hydrogens is 262 g/mol. The number of aliphatic carboxylic acids is 1. The van der Waals surface area contributed by atoms with Gasteiger partial charge in [-0.05, 0) is 17.5 Å². The van der Waals surface area contributed by atoms with Crippen LogP contribution in [0.4, 0.5) is 0 Å². The maximum absolute atomic E-state index is 10.6. The molecule has 0 saturated heterocycles. The predicted octanol–water partition coefficient (Wildman–Crippen LogP) is 1.68. The van der Waals surface area contributed by atoms with E-state index in [2.05, 4.69) is 22.2 Å². The minimum atomic E-state index is -0.844. The number of fused-ring (bicyclic) bond motifs is 1. The summed E-state index contributed by atoms with van der Waals surface area (Å²) in [6.45, 7) is 0. The molecule has 1 aromatic carbocycles. The van der Waals surface area contributed by atoms with Crippen molar-refractivity contribution < 1.29 is 9.90 Å². The molecule has 1 aliphatic rings. The molecule has 5 nitrogen and oxygen atoms in total. The van der Waals surface area contributed by atoms with Gasteiger partial charge in [0.15, 0.2) is 11.0 Å². The Morgan fingerprint density at radius 2 is 2.32 bits per heavy atom. The van der Waals surface area contributed by atoms with Gasteiger partial charge in [-0.1, -0.05) is 36.0 Å². The molecular formula is C13H13N3O2S. The van der Waals surface area contributed by atoms with Gasteiger partial charge in [-0.15, -0.1) is 0 Å². The Labute approximate surface area is 114 Å². The maximum atomic E-state index is 10.6. The molecule has 0 amide bonds. The molecule has 0 aliphatic heterocycles. The molecule has 1 aliphatic carbocycles. The van der Waals surface area contributed by atoms with Gasteiger partial charge in [-0.2, -0.15) is 5.10 Å². The van der Waals surface area contributed by atoms with Crippen molar-refractivity contribution in [2.24, 2.45) is 7.05 Å². The summed E-state index contributed by atoms with van der Waals surface area (Å²) in [5.41, 5.74) is 2.63. The lowest BCUT2D eigenvalue weighted by atomic mass is 9.77. The van der Waals surface area contributed by atoms with Gasteiger partial charge in [0.1, 0.15) is 0 Å². The third-order valence-electron chi connectivity index (χ3n) is 3.23. The minimum Gasteiger partial charge on any atom is -0.481 e. The number of carboxylic acid groups (broad SMARTS) is 1. The number of hydrogen-bond donors (Lipinski definition) is 1. The highest BCUT2D eigenvalue weighted by Gasteiger charge is 2.30. The number of benzene rings is 1. The number of nitrogens with zero attached hydrogens (tertiary/aromatic N) is 3. The maximum Gasteiger partial charge on any atom is 0.313 e. The van der Waals surface area contributed by atoms with E-state index in [1.807, 2.05) is 12.1 Å². The van der Waals surface area contributed by atoms with Gasteiger partial charge in [0.25, 0.3) is 0 Å². The molecule has 0 saturated carbocycles. The summed E-state index contributed by atoms with van der Waals surface area (Å²) >= 11 is 1.20. The summed E-state index contributed by atoms with van der Waals surface area (Å²) in [4.78, 5) is 15.0. The van der Waals surface area contributed by atoms with Gasteiger partial charge in [0, 0.05) is 7.05 Å². The van der Waals surface area contributed by atoms with Crippen LogP contribution in [0.5, 0.6) is 0 Å². The Balaban J connectivity index is 1.81. The van der Waals surface area contributed by atoms with E-state index >= 15 is 0 Å². The minimum absolute atomic E-state index is 0.00717. The van der Waals surface area contributed by atoms with Gasteiger partial charge in [-0.3, -0.25) is 4.79 Å². The van der Waals surface area contributed by atoms with Crippen molar-refractivity contribution in [3.05, 3.63) is 41.2 Å². The second kappa shape index (κ2) is 4.70. The number of carbonyl (C=O) groups is 1. The molecule has 98 valence electrons. The average molecular weight is 275 g/mol. The Kier molecular flexibility index (Phi) is 3.02. The Bertz CT molecular complexity index is 639. The van der Waals surface area contributed by atoms with Crippen molar-refractivity contribution in [1.29, 1.82) is 0 Å². The highest BCUT2D eigenvalue weighted by molar-refractivity contribution is 7.99. The number of hydrogen-bond acceptors (Lipinski definition) is 4. The smallest absolute Gasteiger partial charge is 0.313 e.